The number of quaternary nitrogens is 1. The zero-order chi connectivity index (χ0) is 9.12. The molecule has 1 rings (SSSR count). The molecule has 2 nitrogen and oxygen atoms in total. The molecule has 1 fully saturated rings. The van der Waals surface area contributed by atoms with Crippen LogP contribution in [0.15, 0.2) is 0 Å². The van der Waals surface area contributed by atoms with Gasteiger partial charge in [-0.15, -0.1) is 0 Å². The molecule has 0 aromatic carbocycles. The van der Waals surface area contributed by atoms with Gasteiger partial charge in [-0.25, -0.2) is 0 Å². The zero-order valence-electron chi connectivity index (χ0n) is 8.48. The molecule has 68 valence electrons. The van der Waals surface area contributed by atoms with E-state index in [1.807, 2.05) is 34.6 Å². The molecule has 0 atom stereocenters. The minimum Gasteiger partial charge on any atom is -0.632 e. The Balaban J connectivity index is 0.000000461. The standard InChI is InChI=1S/C7H15NO.C2H6/c1-7(2,3)8(9)5-4-6-8;1-2/h4-6H2,1-3H3;1-2H3. The van der Waals surface area contributed by atoms with Gasteiger partial charge >= 0.3 is 0 Å². The number of nitrogens with zero attached hydrogens (tertiary/aromatic N) is 1. The largest absolute Gasteiger partial charge is 0.632 e. The Morgan fingerprint density at radius 3 is 1.45 bits per heavy atom. The first-order valence-electron chi connectivity index (χ1n) is 4.54. The van der Waals surface area contributed by atoms with Crippen LogP contribution in [0.2, 0.25) is 0 Å². The summed E-state index contributed by atoms with van der Waals surface area (Å²) in [5.41, 5.74) is -0.0851. The molecule has 0 N–H and O–H groups in total. The first kappa shape index (κ1) is 10.9. The molecule has 11 heavy (non-hydrogen) atoms. The van der Waals surface area contributed by atoms with Gasteiger partial charge in [0.2, 0.25) is 0 Å². The van der Waals surface area contributed by atoms with Crippen LogP contribution in [-0.2, 0) is 0 Å². The van der Waals surface area contributed by atoms with E-state index >= 15 is 0 Å². The van der Waals surface area contributed by atoms with E-state index in [9.17, 15) is 5.21 Å². The van der Waals surface area contributed by atoms with E-state index in [0.717, 1.165) is 19.5 Å². The zero-order valence-corrected chi connectivity index (χ0v) is 8.48. The molecule has 0 radical (unpaired) electrons. The molecule has 1 aliphatic heterocycles. The highest BCUT2D eigenvalue weighted by Gasteiger charge is 2.37. The lowest BCUT2D eigenvalue weighted by Gasteiger charge is -2.58. The summed E-state index contributed by atoms with van der Waals surface area (Å²) < 4.78 is 0.0208. The molecule has 0 aliphatic carbocycles. The van der Waals surface area contributed by atoms with Crippen LogP contribution >= 0.6 is 0 Å². The lowest BCUT2D eigenvalue weighted by atomic mass is 10.00. The SMILES string of the molecule is CC.CC(C)(C)[N+]1([O-])CCC1. The fourth-order valence-corrected chi connectivity index (χ4v) is 1.12. The Bertz CT molecular complexity index is 111. The van der Waals surface area contributed by atoms with Crippen molar-refractivity contribution in [3.63, 3.8) is 0 Å². The second kappa shape index (κ2) is 3.55. The lowest BCUT2D eigenvalue weighted by Crippen LogP contribution is -2.63. The number of hydrogen-bond donors (Lipinski definition) is 0. The molecule has 0 amide bonds. The van der Waals surface area contributed by atoms with E-state index in [1.54, 1.807) is 0 Å². The predicted octanol–water partition coefficient (Wildman–Crippen LogP) is 2.53. The first-order chi connectivity index (χ1) is 4.96. The van der Waals surface area contributed by atoms with Crippen molar-refractivity contribution in [2.75, 3.05) is 13.1 Å². The van der Waals surface area contributed by atoms with Crippen molar-refractivity contribution >= 4 is 0 Å². The summed E-state index contributed by atoms with van der Waals surface area (Å²) in [4.78, 5) is 0. The Kier molecular flexibility index (Phi) is 3.52. The quantitative estimate of drug-likeness (QED) is 0.393. The Hall–Kier alpha value is -0.0800. The van der Waals surface area contributed by atoms with Crippen LogP contribution in [-0.4, -0.2) is 23.3 Å². The molecule has 2 heteroatoms. The number of hydrogen-bond acceptors (Lipinski definition) is 1. The maximum absolute atomic E-state index is 11.5. The van der Waals surface area contributed by atoms with Crippen LogP contribution in [0.1, 0.15) is 41.0 Å². The summed E-state index contributed by atoms with van der Waals surface area (Å²) in [5.74, 6) is 0. The van der Waals surface area contributed by atoms with Gasteiger partial charge in [-0.2, -0.15) is 0 Å². The summed E-state index contributed by atoms with van der Waals surface area (Å²) in [6, 6.07) is 0. The topological polar surface area (TPSA) is 23.1 Å². The number of rotatable bonds is 0. The lowest BCUT2D eigenvalue weighted by molar-refractivity contribution is -0.961. The van der Waals surface area contributed by atoms with Gasteiger partial charge in [-0.1, -0.05) is 13.8 Å². The third kappa shape index (κ3) is 2.17. The molecule has 0 saturated carbocycles. The highest BCUT2D eigenvalue weighted by molar-refractivity contribution is 4.69. The number of likely N-dealkylation sites (tertiary alicyclic amines) is 1. The highest BCUT2D eigenvalue weighted by Crippen LogP contribution is 2.30. The minimum atomic E-state index is -0.0851. The van der Waals surface area contributed by atoms with Crippen molar-refractivity contribution in [1.82, 2.24) is 0 Å². The molecule has 1 saturated heterocycles. The summed E-state index contributed by atoms with van der Waals surface area (Å²) in [6.07, 6.45) is 1.11. The van der Waals surface area contributed by atoms with E-state index in [4.69, 9.17) is 0 Å². The van der Waals surface area contributed by atoms with Crippen molar-refractivity contribution in [2.45, 2.75) is 46.6 Å². The minimum absolute atomic E-state index is 0.0208. The normalized spacial score (nSPS) is 21.3. The summed E-state index contributed by atoms with van der Waals surface area (Å²) in [7, 11) is 0. The second-order valence-electron chi connectivity index (χ2n) is 3.86. The predicted molar refractivity (Wildman–Crippen MR) is 49.1 cm³/mol. The van der Waals surface area contributed by atoms with Crippen molar-refractivity contribution in [3.8, 4) is 0 Å². The van der Waals surface area contributed by atoms with Crippen molar-refractivity contribution < 1.29 is 4.65 Å². The maximum atomic E-state index is 11.5. The summed E-state index contributed by atoms with van der Waals surface area (Å²) in [6.45, 7) is 11.7. The van der Waals surface area contributed by atoms with E-state index in [1.165, 1.54) is 0 Å². The van der Waals surface area contributed by atoms with E-state index in [2.05, 4.69) is 0 Å². The Morgan fingerprint density at radius 1 is 1.09 bits per heavy atom. The van der Waals surface area contributed by atoms with Gasteiger partial charge in [0.25, 0.3) is 0 Å². The first-order valence-corrected chi connectivity index (χ1v) is 4.54. The molecule has 1 aliphatic rings. The van der Waals surface area contributed by atoms with Gasteiger partial charge in [0.15, 0.2) is 0 Å². The van der Waals surface area contributed by atoms with Crippen LogP contribution in [0, 0.1) is 5.21 Å². The Labute approximate surface area is 70.4 Å². The van der Waals surface area contributed by atoms with Crippen molar-refractivity contribution in [3.05, 3.63) is 5.21 Å². The third-order valence-electron chi connectivity index (χ3n) is 2.26. The Morgan fingerprint density at radius 2 is 1.45 bits per heavy atom. The molecule has 0 unspecified atom stereocenters. The van der Waals surface area contributed by atoms with Crippen molar-refractivity contribution in [1.29, 1.82) is 0 Å². The van der Waals surface area contributed by atoms with Gasteiger partial charge in [0.05, 0.1) is 18.6 Å². The van der Waals surface area contributed by atoms with Crippen LogP contribution in [0.3, 0.4) is 0 Å². The van der Waals surface area contributed by atoms with Gasteiger partial charge < -0.3 is 9.85 Å². The van der Waals surface area contributed by atoms with E-state index in [-0.39, 0.29) is 10.2 Å². The summed E-state index contributed by atoms with van der Waals surface area (Å²) in [5, 5.41) is 11.5. The number of hydroxylamine groups is 3. The van der Waals surface area contributed by atoms with Gasteiger partial charge in [-0.3, -0.25) is 0 Å². The maximum Gasteiger partial charge on any atom is 0.0904 e. The van der Waals surface area contributed by atoms with Crippen LogP contribution in [0.4, 0.5) is 0 Å². The monoisotopic (exact) mass is 159 g/mol. The fraction of sp³-hybridized carbons (Fsp3) is 1.00. The van der Waals surface area contributed by atoms with Gasteiger partial charge in [0.1, 0.15) is 0 Å². The van der Waals surface area contributed by atoms with E-state index in [0.29, 0.717) is 0 Å². The smallest absolute Gasteiger partial charge is 0.0904 e. The average Bonchev–Trinajstić information content (AvgIpc) is 1.85. The summed E-state index contributed by atoms with van der Waals surface area (Å²) >= 11 is 0. The van der Waals surface area contributed by atoms with Gasteiger partial charge in [-0.05, 0) is 20.8 Å². The second-order valence-corrected chi connectivity index (χ2v) is 3.86. The molecular formula is C9H21NO. The van der Waals surface area contributed by atoms with Crippen LogP contribution in [0.25, 0.3) is 0 Å². The molecule has 1 heterocycles. The molecular weight excluding hydrogens is 138 g/mol. The van der Waals surface area contributed by atoms with Crippen LogP contribution < -0.4 is 0 Å². The van der Waals surface area contributed by atoms with Crippen molar-refractivity contribution in [2.24, 2.45) is 0 Å². The van der Waals surface area contributed by atoms with Gasteiger partial charge in [0, 0.05) is 6.42 Å². The molecule has 0 spiro atoms. The van der Waals surface area contributed by atoms with E-state index < -0.39 is 0 Å². The molecule has 0 aromatic rings. The van der Waals surface area contributed by atoms with Crippen LogP contribution in [0.5, 0.6) is 0 Å². The average molecular weight is 159 g/mol. The molecule has 0 bridgehead atoms. The highest BCUT2D eigenvalue weighted by atomic mass is 16.6. The third-order valence-corrected chi connectivity index (χ3v) is 2.26. The molecule has 0 aromatic heterocycles. The fourth-order valence-electron chi connectivity index (χ4n) is 1.12.